The van der Waals surface area contributed by atoms with Crippen LogP contribution in [-0.2, 0) is 6.54 Å². The molecule has 0 spiro atoms. The van der Waals surface area contributed by atoms with Crippen molar-refractivity contribution < 1.29 is 14.3 Å². The molecule has 0 radical (unpaired) electrons. The molecular weight excluding hydrogens is 280 g/mol. The van der Waals surface area contributed by atoms with Crippen molar-refractivity contribution in [3.63, 3.8) is 0 Å². The van der Waals surface area contributed by atoms with E-state index in [0.717, 1.165) is 11.1 Å². The van der Waals surface area contributed by atoms with E-state index in [-0.39, 0.29) is 12.6 Å². The van der Waals surface area contributed by atoms with Gasteiger partial charge in [0, 0.05) is 6.54 Å². The first-order valence-corrected chi connectivity index (χ1v) is 7.40. The first kappa shape index (κ1) is 16.1. The normalized spacial score (nSPS) is 12.0. The lowest BCUT2D eigenvalue weighted by molar-refractivity contribution is 0.123. The van der Waals surface area contributed by atoms with E-state index in [1.807, 2.05) is 38.1 Å². The Morgan fingerprint density at radius 1 is 1.32 bits per heavy atom. The van der Waals surface area contributed by atoms with Crippen molar-refractivity contribution in [2.75, 3.05) is 13.1 Å². The Hall–Kier alpha value is -2.27. The summed E-state index contributed by atoms with van der Waals surface area (Å²) in [6.07, 6.45) is 0.871. The van der Waals surface area contributed by atoms with E-state index < -0.39 is 6.10 Å². The fourth-order valence-corrected chi connectivity index (χ4v) is 2.15. The van der Waals surface area contributed by atoms with Crippen molar-refractivity contribution in [1.82, 2.24) is 10.2 Å². The molecule has 1 aromatic carbocycles. The molecule has 0 fully saturated rings. The van der Waals surface area contributed by atoms with Gasteiger partial charge in [0.05, 0.1) is 25.5 Å². The summed E-state index contributed by atoms with van der Waals surface area (Å²) in [6.45, 7) is 4.99. The number of benzene rings is 1. The first-order chi connectivity index (χ1) is 10.6. The van der Waals surface area contributed by atoms with Gasteiger partial charge in [0.2, 0.25) is 0 Å². The molecular formula is C17H22N2O3. The molecule has 0 aliphatic carbocycles. The second kappa shape index (κ2) is 7.66. The average molecular weight is 302 g/mol. The molecule has 1 aromatic heterocycles. The van der Waals surface area contributed by atoms with Gasteiger partial charge in [0.15, 0.2) is 0 Å². The lowest BCUT2D eigenvalue weighted by atomic mass is 10.1. The van der Waals surface area contributed by atoms with Crippen molar-refractivity contribution in [2.24, 2.45) is 0 Å². The maximum absolute atomic E-state index is 12.2. The Morgan fingerprint density at radius 2 is 2.05 bits per heavy atom. The van der Waals surface area contributed by atoms with E-state index in [0.29, 0.717) is 18.8 Å². The summed E-state index contributed by atoms with van der Waals surface area (Å²) in [5, 5.41) is 13.1. The molecule has 0 bridgehead atoms. The number of carbonyl (C=O) groups excluding carboxylic acids is 1. The number of urea groups is 1. The Kier molecular flexibility index (Phi) is 5.61. The molecule has 2 rings (SSSR count). The van der Waals surface area contributed by atoms with Crippen LogP contribution >= 0.6 is 0 Å². The molecule has 2 N–H and O–H groups in total. The molecule has 0 aliphatic rings. The summed E-state index contributed by atoms with van der Waals surface area (Å²) in [5.41, 5.74) is 1.95. The largest absolute Gasteiger partial charge is 0.467 e. The smallest absolute Gasteiger partial charge is 0.317 e. The zero-order valence-electron chi connectivity index (χ0n) is 13.0. The van der Waals surface area contributed by atoms with Gasteiger partial charge in [-0.25, -0.2) is 4.79 Å². The highest BCUT2D eigenvalue weighted by atomic mass is 16.3. The Morgan fingerprint density at radius 3 is 2.64 bits per heavy atom. The fraction of sp³-hybridized carbons (Fsp3) is 0.353. The number of rotatable bonds is 6. The molecule has 5 heteroatoms. The minimum atomic E-state index is -0.699. The van der Waals surface area contributed by atoms with Crippen LogP contribution in [0.5, 0.6) is 0 Å². The molecule has 118 valence electrons. The highest BCUT2D eigenvalue weighted by Gasteiger charge is 2.17. The average Bonchev–Trinajstić information content (AvgIpc) is 3.04. The highest BCUT2D eigenvalue weighted by molar-refractivity contribution is 5.74. The third kappa shape index (κ3) is 4.36. The van der Waals surface area contributed by atoms with Gasteiger partial charge < -0.3 is 19.7 Å². The van der Waals surface area contributed by atoms with E-state index in [1.165, 1.54) is 0 Å². The van der Waals surface area contributed by atoms with Crippen molar-refractivity contribution in [1.29, 1.82) is 0 Å². The van der Waals surface area contributed by atoms with Gasteiger partial charge in [-0.15, -0.1) is 0 Å². The third-order valence-electron chi connectivity index (χ3n) is 3.52. The van der Waals surface area contributed by atoms with Gasteiger partial charge >= 0.3 is 6.03 Å². The van der Waals surface area contributed by atoms with Crippen LogP contribution in [0.25, 0.3) is 0 Å². The molecule has 0 unspecified atom stereocenters. The Bertz CT molecular complexity index is 578. The fourth-order valence-electron chi connectivity index (χ4n) is 2.15. The second-order valence-corrected chi connectivity index (χ2v) is 5.20. The molecule has 1 atom stereocenters. The first-order valence-electron chi connectivity index (χ1n) is 7.40. The van der Waals surface area contributed by atoms with Crippen LogP contribution in [-0.4, -0.2) is 29.1 Å². The van der Waals surface area contributed by atoms with E-state index in [9.17, 15) is 9.90 Å². The summed E-state index contributed by atoms with van der Waals surface area (Å²) >= 11 is 0. The van der Waals surface area contributed by atoms with Gasteiger partial charge in [0.25, 0.3) is 0 Å². The number of nitrogens with one attached hydrogen (secondary N) is 1. The maximum Gasteiger partial charge on any atom is 0.317 e. The van der Waals surface area contributed by atoms with Crippen LogP contribution < -0.4 is 5.32 Å². The van der Waals surface area contributed by atoms with Gasteiger partial charge in [-0.3, -0.25) is 0 Å². The van der Waals surface area contributed by atoms with Gasteiger partial charge in [-0.05, 0) is 31.5 Å². The number of likely N-dealkylation sites (N-methyl/N-ethyl adjacent to an activating group) is 1. The minimum Gasteiger partial charge on any atom is -0.467 e. The summed E-state index contributed by atoms with van der Waals surface area (Å²) < 4.78 is 5.18. The summed E-state index contributed by atoms with van der Waals surface area (Å²) in [7, 11) is 0. The predicted molar refractivity (Wildman–Crippen MR) is 84.3 cm³/mol. The van der Waals surface area contributed by atoms with Crippen LogP contribution in [0.3, 0.4) is 0 Å². The number of nitrogens with zero attached hydrogens (tertiary/aromatic N) is 1. The zero-order chi connectivity index (χ0) is 15.9. The number of amides is 2. The number of furan rings is 1. The van der Waals surface area contributed by atoms with Crippen LogP contribution in [0.2, 0.25) is 0 Å². The molecule has 2 aromatic rings. The number of aliphatic hydroxyl groups excluding tert-OH is 1. The monoisotopic (exact) mass is 302 g/mol. The topological polar surface area (TPSA) is 65.7 Å². The van der Waals surface area contributed by atoms with Crippen LogP contribution in [0.4, 0.5) is 4.79 Å². The minimum absolute atomic E-state index is 0.218. The summed E-state index contributed by atoms with van der Waals surface area (Å²) in [5.74, 6) is 0.698. The quantitative estimate of drug-likeness (QED) is 0.862. The number of aliphatic hydroxyl groups is 1. The molecule has 0 aliphatic heterocycles. The zero-order valence-corrected chi connectivity index (χ0v) is 13.0. The van der Waals surface area contributed by atoms with E-state index in [2.05, 4.69) is 5.32 Å². The van der Waals surface area contributed by atoms with Crippen LogP contribution in [0.15, 0.2) is 47.1 Å². The van der Waals surface area contributed by atoms with Gasteiger partial charge in [-0.1, -0.05) is 29.8 Å². The SMILES string of the molecule is CCN(C[C@H](O)c1ccc(C)cc1)C(=O)NCc1ccco1. The van der Waals surface area contributed by atoms with Crippen molar-refractivity contribution in [2.45, 2.75) is 26.5 Å². The molecule has 22 heavy (non-hydrogen) atoms. The number of carbonyl (C=O) groups is 1. The Balaban J connectivity index is 1.90. The van der Waals surface area contributed by atoms with Crippen molar-refractivity contribution >= 4 is 6.03 Å². The maximum atomic E-state index is 12.2. The molecule has 2 amide bonds. The third-order valence-corrected chi connectivity index (χ3v) is 3.52. The molecule has 5 nitrogen and oxygen atoms in total. The van der Waals surface area contributed by atoms with E-state index >= 15 is 0 Å². The van der Waals surface area contributed by atoms with Gasteiger partial charge in [-0.2, -0.15) is 0 Å². The van der Waals surface area contributed by atoms with E-state index in [1.54, 1.807) is 23.3 Å². The molecule has 0 saturated carbocycles. The lowest BCUT2D eigenvalue weighted by Crippen LogP contribution is -2.41. The lowest BCUT2D eigenvalue weighted by Gasteiger charge is -2.24. The molecule has 1 heterocycles. The van der Waals surface area contributed by atoms with Crippen LogP contribution in [0.1, 0.15) is 29.9 Å². The Labute approximate surface area is 130 Å². The number of hydrogen-bond acceptors (Lipinski definition) is 3. The van der Waals surface area contributed by atoms with E-state index in [4.69, 9.17) is 4.42 Å². The number of hydrogen-bond donors (Lipinski definition) is 2. The van der Waals surface area contributed by atoms with Crippen molar-refractivity contribution in [3.05, 3.63) is 59.5 Å². The predicted octanol–water partition coefficient (Wildman–Crippen LogP) is 2.85. The highest BCUT2D eigenvalue weighted by Crippen LogP contribution is 2.15. The van der Waals surface area contributed by atoms with Gasteiger partial charge in [0.1, 0.15) is 5.76 Å². The summed E-state index contributed by atoms with van der Waals surface area (Å²) in [4.78, 5) is 13.7. The second-order valence-electron chi connectivity index (χ2n) is 5.20. The van der Waals surface area contributed by atoms with Crippen molar-refractivity contribution in [3.8, 4) is 0 Å². The van der Waals surface area contributed by atoms with Crippen LogP contribution in [0, 0.1) is 6.92 Å². The molecule has 0 saturated heterocycles. The summed E-state index contributed by atoms with van der Waals surface area (Å²) in [6, 6.07) is 11.0. The standard InChI is InChI=1S/C17H22N2O3/c1-3-19(17(21)18-11-15-5-4-10-22-15)12-16(20)14-8-6-13(2)7-9-14/h4-10,16,20H,3,11-12H2,1-2H3,(H,18,21)/t16-/m0/s1. The number of aryl methyl sites for hydroxylation is 1.